The fraction of sp³-hybridized carbons (Fsp3) is 0.208. The van der Waals surface area contributed by atoms with E-state index in [1.807, 2.05) is 40.7 Å². The van der Waals surface area contributed by atoms with Crippen molar-refractivity contribution in [3.8, 4) is 5.69 Å². The predicted octanol–water partition coefficient (Wildman–Crippen LogP) is 5.12. The Morgan fingerprint density at radius 2 is 2.12 bits per heavy atom. The van der Waals surface area contributed by atoms with Gasteiger partial charge in [-0.15, -0.1) is 10.2 Å². The van der Waals surface area contributed by atoms with Gasteiger partial charge in [-0.2, -0.15) is 0 Å². The second-order valence-electron chi connectivity index (χ2n) is 7.77. The number of H-pyrrole nitrogens is 1. The van der Waals surface area contributed by atoms with Crippen molar-refractivity contribution >= 4 is 45.7 Å². The molecule has 1 aliphatic rings. The molecule has 0 spiro atoms. The summed E-state index contributed by atoms with van der Waals surface area (Å²) in [6.45, 7) is 3.29. The number of halogens is 1. The molecule has 4 aromatic rings. The Labute approximate surface area is 195 Å². The SMILES string of the molecule is Cc1ccc(-n2cnnc2SCC(=O)N2CC=C(c3c[nH]c4ccccc34)CC2)cc1Cl. The predicted molar refractivity (Wildman–Crippen MR) is 129 cm³/mol. The number of amides is 1. The Hall–Kier alpha value is -3.03. The molecule has 0 fully saturated rings. The number of aryl methyl sites for hydroxylation is 1. The van der Waals surface area contributed by atoms with E-state index in [-0.39, 0.29) is 5.91 Å². The fourth-order valence-electron chi connectivity index (χ4n) is 3.93. The molecule has 6 nitrogen and oxygen atoms in total. The zero-order valence-corrected chi connectivity index (χ0v) is 19.2. The minimum atomic E-state index is 0.0979. The van der Waals surface area contributed by atoms with Crippen LogP contribution in [-0.2, 0) is 4.79 Å². The van der Waals surface area contributed by atoms with Crippen molar-refractivity contribution in [2.24, 2.45) is 0 Å². The number of aromatic amines is 1. The van der Waals surface area contributed by atoms with E-state index in [0.717, 1.165) is 23.2 Å². The van der Waals surface area contributed by atoms with Gasteiger partial charge in [0, 0.05) is 40.8 Å². The largest absolute Gasteiger partial charge is 0.361 e. The molecule has 5 rings (SSSR count). The van der Waals surface area contributed by atoms with Gasteiger partial charge < -0.3 is 9.88 Å². The third-order valence-electron chi connectivity index (χ3n) is 5.77. The van der Waals surface area contributed by atoms with Crippen LogP contribution in [0.15, 0.2) is 66.2 Å². The van der Waals surface area contributed by atoms with Crippen LogP contribution in [0.5, 0.6) is 0 Å². The number of hydrogen-bond acceptors (Lipinski definition) is 4. The Bertz CT molecular complexity index is 1320. The summed E-state index contributed by atoms with van der Waals surface area (Å²) in [4.78, 5) is 18.1. The number of carbonyl (C=O) groups is 1. The number of rotatable bonds is 5. The average molecular weight is 464 g/mol. The molecule has 0 saturated heterocycles. The average Bonchev–Trinajstić information content (AvgIpc) is 3.46. The molecule has 0 bridgehead atoms. The normalized spacial score (nSPS) is 14.1. The van der Waals surface area contributed by atoms with Gasteiger partial charge in [0.2, 0.25) is 5.91 Å². The van der Waals surface area contributed by atoms with Crippen molar-refractivity contribution in [2.75, 3.05) is 18.8 Å². The summed E-state index contributed by atoms with van der Waals surface area (Å²) in [6, 6.07) is 14.1. The zero-order chi connectivity index (χ0) is 22.1. The van der Waals surface area contributed by atoms with E-state index in [1.165, 1.54) is 28.3 Å². The highest BCUT2D eigenvalue weighted by atomic mass is 35.5. The van der Waals surface area contributed by atoms with E-state index in [2.05, 4.69) is 45.7 Å². The molecule has 0 aliphatic carbocycles. The highest BCUT2D eigenvalue weighted by molar-refractivity contribution is 7.99. The lowest BCUT2D eigenvalue weighted by Gasteiger charge is -2.26. The smallest absolute Gasteiger partial charge is 0.233 e. The Kier molecular flexibility index (Phi) is 5.76. The summed E-state index contributed by atoms with van der Waals surface area (Å²) < 4.78 is 1.86. The molecule has 32 heavy (non-hydrogen) atoms. The number of benzene rings is 2. The van der Waals surface area contributed by atoms with Gasteiger partial charge >= 0.3 is 0 Å². The van der Waals surface area contributed by atoms with Gasteiger partial charge in [-0.05, 0) is 42.7 Å². The molecule has 162 valence electrons. The van der Waals surface area contributed by atoms with Gasteiger partial charge in [0.25, 0.3) is 0 Å². The second kappa shape index (κ2) is 8.84. The highest BCUT2D eigenvalue weighted by Crippen LogP contribution is 2.30. The molecule has 0 unspecified atom stereocenters. The van der Waals surface area contributed by atoms with E-state index < -0.39 is 0 Å². The van der Waals surface area contributed by atoms with Crippen molar-refractivity contribution in [3.05, 3.63) is 77.2 Å². The monoisotopic (exact) mass is 463 g/mol. The van der Waals surface area contributed by atoms with E-state index in [1.54, 1.807) is 6.33 Å². The third-order valence-corrected chi connectivity index (χ3v) is 7.11. The van der Waals surface area contributed by atoms with Gasteiger partial charge in [0.05, 0.1) is 11.4 Å². The fourth-order valence-corrected chi connectivity index (χ4v) is 4.93. The second-order valence-corrected chi connectivity index (χ2v) is 9.12. The summed E-state index contributed by atoms with van der Waals surface area (Å²) in [5, 5.41) is 10.8. The van der Waals surface area contributed by atoms with Crippen LogP contribution < -0.4 is 0 Å². The van der Waals surface area contributed by atoms with Gasteiger partial charge in [-0.3, -0.25) is 9.36 Å². The first kappa shape index (κ1) is 20.8. The van der Waals surface area contributed by atoms with Crippen molar-refractivity contribution < 1.29 is 4.79 Å². The topological polar surface area (TPSA) is 66.8 Å². The van der Waals surface area contributed by atoms with E-state index in [4.69, 9.17) is 11.6 Å². The standard InChI is InChI=1S/C24H22ClN5OS/c1-16-6-7-18(12-21(16)25)30-15-27-28-24(30)32-14-23(31)29-10-8-17(9-11-29)20-13-26-22-5-3-2-4-19(20)22/h2-8,12-13,15,26H,9-11,14H2,1H3. The van der Waals surface area contributed by atoms with Crippen LogP contribution in [0.2, 0.25) is 5.02 Å². The highest BCUT2D eigenvalue weighted by Gasteiger charge is 2.20. The molecule has 0 atom stereocenters. The quantitative estimate of drug-likeness (QED) is 0.417. The number of para-hydroxylation sites is 1. The first-order valence-corrected chi connectivity index (χ1v) is 11.8. The van der Waals surface area contributed by atoms with Gasteiger partial charge in [-0.1, -0.05) is 53.7 Å². The van der Waals surface area contributed by atoms with Crippen molar-refractivity contribution in [2.45, 2.75) is 18.5 Å². The van der Waals surface area contributed by atoms with Crippen LogP contribution >= 0.6 is 23.4 Å². The first-order valence-electron chi connectivity index (χ1n) is 10.4. The number of aromatic nitrogens is 4. The molecular formula is C24H22ClN5OS. The number of nitrogens with zero attached hydrogens (tertiary/aromatic N) is 4. The Morgan fingerprint density at radius 1 is 1.25 bits per heavy atom. The summed E-state index contributed by atoms with van der Waals surface area (Å²) in [6.07, 6.45) is 6.72. The number of carbonyl (C=O) groups excluding carboxylic acids is 1. The maximum absolute atomic E-state index is 12.8. The summed E-state index contributed by atoms with van der Waals surface area (Å²) in [7, 11) is 0. The van der Waals surface area contributed by atoms with E-state index in [9.17, 15) is 4.79 Å². The lowest BCUT2D eigenvalue weighted by atomic mass is 9.99. The molecule has 1 aliphatic heterocycles. The molecule has 2 aromatic carbocycles. The molecule has 8 heteroatoms. The van der Waals surface area contributed by atoms with Crippen molar-refractivity contribution in [1.29, 1.82) is 0 Å². The Morgan fingerprint density at radius 3 is 2.94 bits per heavy atom. The minimum Gasteiger partial charge on any atom is -0.361 e. The zero-order valence-electron chi connectivity index (χ0n) is 17.6. The van der Waals surface area contributed by atoms with Crippen LogP contribution in [0.3, 0.4) is 0 Å². The van der Waals surface area contributed by atoms with Crippen LogP contribution in [0.25, 0.3) is 22.2 Å². The first-order chi connectivity index (χ1) is 15.6. The summed E-state index contributed by atoms with van der Waals surface area (Å²) in [5.41, 5.74) is 5.54. The minimum absolute atomic E-state index is 0.0979. The molecule has 2 aromatic heterocycles. The third kappa shape index (κ3) is 4.06. The Balaban J connectivity index is 1.24. The summed E-state index contributed by atoms with van der Waals surface area (Å²) in [5.74, 6) is 0.412. The van der Waals surface area contributed by atoms with Crippen molar-refractivity contribution in [3.63, 3.8) is 0 Å². The number of hydrogen-bond donors (Lipinski definition) is 1. The maximum Gasteiger partial charge on any atom is 0.233 e. The number of nitrogens with one attached hydrogen (secondary N) is 1. The molecule has 0 saturated carbocycles. The molecule has 0 radical (unpaired) electrons. The van der Waals surface area contributed by atoms with Crippen LogP contribution in [0.1, 0.15) is 17.5 Å². The van der Waals surface area contributed by atoms with Crippen LogP contribution in [0.4, 0.5) is 0 Å². The van der Waals surface area contributed by atoms with E-state index >= 15 is 0 Å². The number of fused-ring (bicyclic) bond motifs is 1. The van der Waals surface area contributed by atoms with E-state index in [0.29, 0.717) is 29.0 Å². The lowest BCUT2D eigenvalue weighted by molar-refractivity contribution is -0.127. The van der Waals surface area contributed by atoms with Crippen LogP contribution in [0, 0.1) is 6.92 Å². The number of thioether (sulfide) groups is 1. The van der Waals surface area contributed by atoms with Crippen LogP contribution in [-0.4, -0.2) is 49.4 Å². The summed E-state index contributed by atoms with van der Waals surface area (Å²) >= 11 is 7.65. The maximum atomic E-state index is 12.8. The van der Waals surface area contributed by atoms with Gasteiger partial charge in [0.15, 0.2) is 5.16 Å². The molecule has 1 amide bonds. The van der Waals surface area contributed by atoms with Gasteiger partial charge in [0.1, 0.15) is 6.33 Å². The molecule has 1 N–H and O–H groups in total. The molecular weight excluding hydrogens is 442 g/mol. The van der Waals surface area contributed by atoms with Gasteiger partial charge in [-0.25, -0.2) is 0 Å². The van der Waals surface area contributed by atoms with Crippen molar-refractivity contribution in [1.82, 2.24) is 24.6 Å². The lowest BCUT2D eigenvalue weighted by Crippen LogP contribution is -2.35. The molecule has 3 heterocycles.